The lowest BCUT2D eigenvalue weighted by molar-refractivity contribution is 0.539. The van der Waals surface area contributed by atoms with Crippen molar-refractivity contribution in [3.05, 3.63) is 63.8 Å². The van der Waals surface area contributed by atoms with Gasteiger partial charge in [0, 0.05) is 24.1 Å². The van der Waals surface area contributed by atoms with Gasteiger partial charge < -0.3 is 0 Å². The Morgan fingerprint density at radius 3 is 2.67 bits per heavy atom. The fraction of sp³-hybridized carbons (Fsp3) is 0.375. The Balaban J connectivity index is 1.60. The highest BCUT2D eigenvalue weighted by Crippen LogP contribution is 2.38. The molecule has 24 heavy (non-hydrogen) atoms. The Morgan fingerprint density at radius 1 is 1.21 bits per heavy atom. The van der Waals surface area contributed by atoms with Crippen molar-refractivity contribution in [3.63, 3.8) is 0 Å². The van der Waals surface area contributed by atoms with Crippen molar-refractivity contribution in [2.45, 2.75) is 31.1 Å². The number of hydrogen-bond donors (Lipinski definition) is 1. The van der Waals surface area contributed by atoms with Crippen LogP contribution in [0, 0.1) is 5.82 Å². The van der Waals surface area contributed by atoms with Gasteiger partial charge in [0.15, 0.2) is 0 Å². The SMILES string of the molecule is O=c1ccc(C2CC2)nn1CCNS(=O)(=O)Cc1ccccc1F. The quantitative estimate of drug-likeness (QED) is 0.817. The average molecular weight is 351 g/mol. The van der Waals surface area contributed by atoms with E-state index in [2.05, 4.69) is 9.82 Å². The predicted molar refractivity (Wildman–Crippen MR) is 87.5 cm³/mol. The number of aromatic nitrogens is 2. The minimum Gasteiger partial charge on any atom is -0.268 e. The van der Waals surface area contributed by atoms with E-state index in [-0.39, 0.29) is 24.2 Å². The molecule has 1 heterocycles. The fourth-order valence-electron chi connectivity index (χ4n) is 2.40. The molecule has 1 N–H and O–H groups in total. The first-order valence-electron chi connectivity index (χ1n) is 7.73. The lowest BCUT2D eigenvalue weighted by atomic mass is 10.2. The van der Waals surface area contributed by atoms with Gasteiger partial charge in [-0.3, -0.25) is 4.79 Å². The maximum absolute atomic E-state index is 13.5. The Bertz CT molecular complexity index is 891. The summed E-state index contributed by atoms with van der Waals surface area (Å²) in [5.74, 6) is -0.586. The summed E-state index contributed by atoms with van der Waals surface area (Å²) in [7, 11) is -3.69. The van der Waals surface area contributed by atoms with Crippen molar-refractivity contribution in [3.8, 4) is 0 Å². The van der Waals surface area contributed by atoms with E-state index in [1.807, 2.05) is 0 Å². The zero-order chi connectivity index (χ0) is 17.2. The molecule has 0 saturated heterocycles. The molecule has 3 rings (SSSR count). The minimum atomic E-state index is -3.69. The molecule has 0 bridgehead atoms. The van der Waals surface area contributed by atoms with Gasteiger partial charge in [0.05, 0.1) is 18.0 Å². The van der Waals surface area contributed by atoms with E-state index in [0.29, 0.717) is 5.92 Å². The monoisotopic (exact) mass is 351 g/mol. The van der Waals surface area contributed by atoms with Crippen molar-refractivity contribution >= 4 is 10.0 Å². The zero-order valence-corrected chi connectivity index (χ0v) is 13.8. The third kappa shape index (κ3) is 4.27. The molecule has 1 saturated carbocycles. The summed E-state index contributed by atoms with van der Waals surface area (Å²) in [6.45, 7) is 0.160. The standard InChI is InChI=1S/C16H18FN3O3S/c17-14-4-2-1-3-13(14)11-24(22,23)18-9-10-20-16(21)8-7-15(19-20)12-5-6-12/h1-4,7-8,12,18H,5-6,9-11H2. The van der Waals surface area contributed by atoms with Crippen molar-refractivity contribution in [2.75, 3.05) is 6.54 Å². The Labute approximate surface area is 139 Å². The van der Waals surface area contributed by atoms with Crippen molar-refractivity contribution in [1.29, 1.82) is 0 Å². The Morgan fingerprint density at radius 2 is 1.96 bits per heavy atom. The second kappa shape index (κ2) is 6.82. The zero-order valence-electron chi connectivity index (χ0n) is 13.0. The molecule has 0 radical (unpaired) electrons. The van der Waals surface area contributed by atoms with Crippen molar-refractivity contribution in [1.82, 2.24) is 14.5 Å². The predicted octanol–water partition coefficient (Wildman–Crippen LogP) is 1.38. The van der Waals surface area contributed by atoms with Gasteiger partial charge in [0.1, 0.15) is 5.82 Å². The van der Waals surface area contributed by atoms with Crippen LogP contribution < -0.4 is 10.3 Å². The highest BCUT2D eigenvalue weighted by molar-refractivity contribution is 7.88. The number of benzene rings is 1. The van der Waals surface area contributed by atoms with E-state index in [4.69, 9.17) is 0 Å². The molecular formula is C16H18FN3O3S. The van der Waals surface area contributed by atoms with Crippen LogP contribution in [0.3, 0.4) is 0 Å². The van der Waals surface area contributed by atoms with E-state index in [9.17, 15) is 17.6 Å². The van der Waals surface area contributed by atoms with Crippen molar-refractivity contribution in [2.24, 2.45) is 0 Å². The van der Waals surface area contributed by atoms with Gasteiger partial charge in [0.2, 0.25) is 10.0 Å². The second-order valence-electron chi connectivity index (χ2n) is 5.84. The van der Waals surface area contributed by atoms with E-state index in [0.717, 1.165) is 18.5 Å². The van der Waals surface area contributed by atoms with Gasteiger partial charge in [-0.25, -0.2) is 22.2 Å². The first kappa shape index (κ1) is 16.8. The molecule has 1 aromatic heterocycles. The summed E-state index contributed by atoms with van der Waals surface area (Å²) in [5.41, 5.74) is 0.701. The van der Waals surface area contributed by atoms with Gasteiger partial charge in [-0.05, 0) is 25.0 Å². The molecule has 8 heteroatoms. The Kier molecular flexibility index (Phi) is 4.77. The molecule has 0 amide bonds. The molecule has 0 spiro atoms. The third-order valence-electron chi connectivity index (χ3n) is 3.83. The lowest BCUT2D eigenvalue weighted by Crippen LogP contribution is -2.33. The van der Waals surface area contributed by atoms with E-state index < -0.39 is 21.6 Å². The summed E-state index contributed by atoms with van der Waals surface area (Å²) >= 11 is 0. The summed E-state index contributed by atoms with van der Waals surface area (Å²) in [6, 6.07) is 8.91. The van der Waals surface area contributed by atoms with E-state index >= 15 is 0 Å². The van der Waals surface area contributed by atoms with Gasteiger partial charge in [-0.1, -0.05) is 18.2 Å². The third-order valence-corrected chi connectivity index (χ3v) is 5.17. The van der Waals surface area contributed by atoms with Crippen LogP contribution in [-0.4, -0.2) is 24.7 Å². The number of halogens is 1. The molecule has 1 aliphatic carbocycles. The van der Waals surface area contributed by atoms with Crippen LogP contribution in [0.25, 0.3) is 0 Å². The minimum absolute atomic E-state index is 0.0256. The summed E-state index contributed by atoms with van der Waals surface area (Å²) in [6.07, 6.45) is 2.14. The summed E-state index contributed by atoms with van der Waals surface area (Å²) in [4.78, 5) is 11.8. The van der Waals surface area contributed by atoms with E-state index in [1.54, 1.807) is 12.1 Å². The lowest BCUT2D eigenvalue weighted by Gasteiger charge is -2.09. The van der Waals surface area contributed by atoms with Gasteiger partial charge in [-0.2, -0.15) is 5.10 Å². The number of sulfonamides is 1. The maximum atomic E-state index is 13.5. The summed E-state index contributed by atoms with van der Waals surface area (Å²) < 4.78 is 41.2. The van der Waals surface area contributed by atoms with Crippen LogP contribution in [0.1, 0.15) is 30.0 Å². The average Bonchev–Trinajstić information content (AvgIpc) is 3.36. The molecule has 0 aliphatic heterocycles. The molecule has 2 aromatic rings. The number of hydrogen-bond acceptors (Lipinski definition) is 4. The van der Waals surface area contributed by atoms with Gasteiger partial charge in [0.25, 0.3) is 5.56 Å². The van der Waals surface area contributed by atoms with Gasteiger partial charge in [-0.15, -0.1) is 0 Å². The second-order valence-corrected chi connectivity index (χ2v) is 7.65. The molecule has 128 valence electrons. The van der Waals surface area contributed by atoms with Gasteiger partial charge >= 0.3 is 0 Å². The van der Waals surface area contributed by atoms with Crippen LogP contribution in [0.15, 0.2) is 41.2 Å². The molecule has 1 aliphatic rings. The molecule has 6 nitrogen and oxygen atoms in total. The topological polar surface area (TPSA) is 81.1 Å². The maximum Gasteiger partial charge on any atom is 0.266 e. The van der Waals surface area contributed by atoms with Crippen LogP contribution in [0.4, 0.5) is 4.39 Å². The van der Waals surface area contributed by atoms with Crippen LogP contribution in [-0.2, 0) is 22.3 Å². The summed E-state index contributed by atoms with van der Waals surface area (Å²) in [5, 5.41) is 4.26. The highest BCUT2D eigenvalue weighted by atomic mass is 32.2. The van der Waals surface area contributed by atoms with Crippen LogP contribution in [0.5, 0.6) is 0 Å². The molecule has 0 unspecified atom stereocenters. The molecular weight excluding hydrogens is 333 g/mol. The first-order valence-corrected chi connectivity index (χ1v) is 9.39. The van der Waals surface area contributed by atoms with Crippen LogP contribution in [0.2, 0.25) is 0 Å². The van der Waals surface area contributed by atoms with E-state index in [1.165, 1.54) is 28.9 Å². The highest BCUT2D eigenvalue weighted by Gasteiger charge is 2.25. The first-order chi connectivity index (χ1) is 11.4. The largest absolute Gasteiger partial charge is 0.268 e. The smallest absolute Gasteiger partial charge is 0.266 e. The number of nitrogens with zero attached hydrogens (tertiary/aromatic N) is 2. The number of nitrogens with one attached hydrogen (secondary N) is 1. The Hall–Kier alpha value is -2.06. The van der Waals surface area contributed by atoms with Crippen molar-refractivity contribution < 1.29 is 12.8 Å². The molecule has 1 aromatic carbocycles. The fourth-order valence-corrected chi connectivity index (χ4v) is 3.55. The number of rotatable bonds is 7. The van der Waals surface area contributed by atoms with Crippen LogP contribution >= 0.6 is 0 Å². The molecule has 0 atom stereocenters. The normalized spacial score (nSPS) is 14.7. The molecule has 1 fully saturated rings.